The van der Waals surface area contributed by atoms with Gasteiger partial charge in [0.15, 0.2) is 5.96 Å². The molecule has 2 aromatic rings. The second-order valence-corrected chi connectivity index (χ2v) is 7.88. The quantitative estimate of drug-likeness (QED) is 0.577. The number of hydrogen-bond donors (Lipinski definition) is 2. The van der Waals surface area contributed by atoms with Gasteiger partial charge in [-0.3, -0.25) is 9.58 Å². The fourth-order valence-corrected chi connectivity index (χ4v) is 4.13. The minimum atomic E-state index is 0.640. The van der Waals surface area contributed by atoms with Crippen LogP contribution in [-0.4, -0.2) is 46.8 Å². The maximum atomic E-state index is 4.70. The van der Waals surface area contributed by atoms with E-state index in [0.717, 1.165) is 37.8 Å². The highest BCUT2D eigenvalue weighted by Crippen LogP contribution is 2.19. The number of nitrogens with one attached hydrogen (secondary N) is 2. The zero-order valence-electron chi connectivity index (χ0n) is 15.8. The molecule has 0 radical (unpaired) electrons. The number of nitrogens with zero attached hydrogens (tertiary/aromatic N) is 4. The summed E-state index contributed by atoms with van der Waals surface area (Å²) in [4.78, 5) is 8.75. The third-order valence-corrected chi connectivity index (χ3v) is 5.65. The van der Waals surface area contributed by atoms with Gasteiger partial charge < -0.3 is 10.6 Å². The Labute approximate surface area is 160 Å². The van der Waals surface area contributed by atoms with Crippen molar-refractivity contribution in [2.24, 2.45) is 18.0 Å². The molecule has 0 amide bonds. The van der Waals surface area contributed by atoms with E-state index in [1.54, 1.807) is 0 Å². The molecule has 1 fully saturated rings. The maximum Gasteiger partial charge on any atom is 0.191 e. The predicted molar refractivity (Wildman–Crippen MR) is 108 cm³/mol. The molecule has 26 heavy (non-hydrogen) atoms. The molecule has 1 aliphatic rings. The Balaban J connectivity index is 1.49. The maximum absolute atomic E-state index is 4.70. The van der Waals surface area contributed by atoms with Crippen LogP contribution in [0.2, 0.25) is 0 Å². The number of aromatic nitrogens is 2. The largest absolute Gasteiger partial charge is 0.357 e. The third kappa shape index (κ3) is 5.57. The van der Waals surface area contributed by atoms with Gasteiger partial charge in [0, 0.05) is 44.3 Å². The van der Waals surface area contributed by atoms with Gasteiger partial charge in [-0.25, -0.2) is 4.99 Å². The fraction of sp³-hybridized carbons (Fsp3) is 0.579. The second kappa shape index (κ2) is 9.73. The van der Waals surface area contributed by atoms with E-state index in [1.165, 1.54) is 24.3 Å². The summed E-state index contributed by atoms with van der Waals surface area (Å²) in [6.45, 7) is 8.04. The van der Waals surface area contributed by atoms with Gasteiger partial charge in [0.1, 0.15) is 0 Å². The lowest BCUT2D eigenvalue weighted by atomic mass is 9.98. The minimum absolute atomic E-state index is 0.640. The molecule has 3 heterocycles. The lowest BCUT2D eigenvalue weighted by Gasteiger charge is -2.32. The van der Waals surface area contributed by atoms with E-state index in [0.29, 0.717) is 12.5 Å². The molecule has 142 valence electrons. The number of likely N-dealkylation sites (tertiary alicyclic amines) is 1. The Hall–Kier alpha value is -1.86. The van der Waals surface area contributed by atoms with Crippen molar-refractivity contribution < 1.29 is 0 Å². The third-order valence-electron chi connectivity index (χ3n) is 4.79. The van der Waals surface area contributed by atoms with Gasteiger partial charge in [0.2, 0.25) is 0 Å². The molecular weight excluding hydrogens is 344 g/mol. The molecule has 3 rings (SSSR count). The molecule has 6 nitrogen and oxygen atoms in total. The lowest BCUT2D eigenvalue weighted by Crippen LogP contribution is -2.44. The van der Waals surface area contributed by atoms with Crippen molar-refractivity contribution in [2.75, 3.05) is 26.2 Å². The van der Waals surface area contributed by atoms with Crippen LogP contribution in [0.25, 0.3) is 0 Å². The highest BCUT2D eigenvalue weighted by molar-refractivity contribution is 7.09. The molecule has 0 spiro atoms. The van der Waals surface area contributed by atoms with Crippen LogP contribution in [0.15, 0.2) is 34.8 Å². The molecule has 1 atom stereocenters. The van der Waals surface area contributed by atoms with Crippen LogP contribution in [-0.2, 0) is 20.1 Å². The van der Waals surface area contributed by atoms with Gasteiger partial charge in [-0.05, 0) is 49.7 Å². The molecule has 0 aliphatic carbocycles. The minimum Gasteiger partial charge on any atom is -0.357 e. The number of hydrogen-bond acceptors (Lipinski definition) is 4. The number of aryl methyl sites for hydroxylation is 1. The van der Waals surface area contributed by atoms with Crippen molar-refractivity contribution in [3.63, 3.8) is 0 Å². The normalized spacial score (nSPS) is 18.8. The van der Waals surface area contributed by atoms with Gasteiger partial charge in [0.25, 0.3) is 0 Å². The van der Waals surface area contributed by atoms with E-state index >= 15 is 0 Å². The highest BCUT2D eigenvalue weighted by Gasteiger charge is 2.20. The summed E-state index contributed by atoms with van der Waals surface area (Å²) in [6.07, 6.45) is 4.38. The van der Waals surface area contributed by atoms with Crippen LogP contribution in [0.3, 0.4) is 0 Å². The average Bonchev–Trinajstić information content (AvgIpc) is 3.29. The number of aliphatic imine (C=N–C) groups is 1. The van der Waals surface area contributed by atoms with Gasteiger partial charge in [-0.15, -0.1) is 11.3 Å². The zero-order valence-corrected chi connectivity index (χ0v) is 16.6. The summed E-state index contributed by atoms with van der Waals surface area (Å²) in [5, 5.41) is 13.3. The summed E-state index contributed by atoms with van der Waals surface area (Å²) in [6, 6.07) is 6.39. The Morgan fingerprint density at radius 3 is 3.04 bits per heavy atom. The topological polar surface area (TPSA) is 57.5 Å². The molecular formula is C19H30N6S. The van der Waals surface area contributed by atoms with Crippen LogP contribution >= 0.6 is 11.3 Å². The first-order valence-corrected chi connectivity index (χ1v) is 10.4. The number of guanidine groups is 1. The van der Waals surface area contributed by atoms with Gasteiger partial charge >= 0.3 is 0 Å². The first kappa shape index (κ1) is 18.9. The molecule has 1 unspecified atom stereocenters. The van der Waals surface area contributed by atoms with Crippen molar-refractivity contribution >= 4 is 17.3 Å². The fourth-order valence-electron chi connectivity index (χ4n) is 3.38. The van der Waals surface area contributed by atoms with E-state index in [-0.39, 0.29) is 0 Å². The van der Waals surface area contributed by atoms with Gasteiger partial charge in [-0.2, -0.15) is 5.10 Å². The first-order valence-electron chi connectivity index (χ1n) is 9.48. The Morgan fingerprint density at radius 1 is 1.38 bits per heavy atom. The summed E-state index contributed by atoms with van der Waals surface area (Å²) in [5.74, 6) is 1.56. The molecule has 0 saturated carbocycles. The van der Waals surface area contributed by atoms with Gasteiger partial charge in [0.05, 0.1) is 12.2 Å². The van der Waals surface area contributed by atoms with Crippen LogP contribution in [0.4, 0.5) is 0 Å². The second-order valence-electron chi connectivity index (χ2n) is 6.84. The SMILES string of the molecule is CCNC(=NCc1ccnn1C)NCC1CCCN(Cc2cccs2)C1. The molecule has 0 aromatic carbocycles. The summed E-state index contributed by atoms with van der Waals surface area (Å²) < 4.78 is 1.87. The number of rotatable bonds is 7. The Kier molecular flexibility index (Phi) is 7.08. The van der Waals surface area contributed by atoms with E-state index < -0.39 is 0 Å². The lowest BCUT2D eigenvalue weighted by molar-refractivity contribution is 0.169. The van der Waals surface area contributed by atoms with Crippen molar-refractivity contribution in [3.05, 3.63) is 40.3 Å². The average molecular weight is 375 g/mol. The van der Waals surface area contributed by atoms with E-state index in [2.05, 4.69) is 45.1 Å². The first-order chi connectivity index (χ1) is 12.7. The Bertz CT molecular complexity index is 678. The Morgan fingerprint density at radius 2 is 2.31 bits per heavy atom. The smallest absolute Gasteiger partial charge is 0.191 e. The van der Waals surface area contributed by atoms with Crippen LogP contribution in [0.5, 0.6) is 0 Å². The van der Waals surface area contributed by atoms with Crippen molar-refractivity contribution in [1.29, 1.82) is 0 Å². The molecule has 2 aromatic heterocycles. The van der Waals surface area contributed by atoms with Crippen LogP contribution in [0.1, 0.15) is 30.3 Å². The van der Waals surface area contributed by atoms with Crippen molar-refractivity contribution in [1.82, 2.24) is 25.3 Å². The molecule has 1 saturated heterocycles. The van der Waals surface area contributed by atoms with Gasteiger partial charge in [-0.1, -0.05) is 6.07 Å². The standard InChI is InChI=1S/C19H30N6S/c1-3-20-19(22-13-17-8-9-23-24(17)2)21-12-16-6-4-10-25(14-16)15-18-7-5-11-26-18/h5,7-9,11,16H,3-4,6,10,12-15H2,1-2H3,(H2,20,21,22). The predicted octanol–water partition coefficient (Wildman–Crippen LogP) is 2.45. The molecule has 7 heteroatoms. The summed E-state index contributed by atoms with van der Waals surface area (Å²) in [5.41, 5.74) is 1.11. The van der Waals surface area contributed by atoms with Crippen molar-refractivity contribution in [3.8, 4) is 0 Å². The van der Waals surface area contributed by atoms with E-state index in [4.69, 9.17) is 4.99 Å². The van der Waals surface area contributed by atoms with E-state index in [9.17, 15) is 0 Å². The summed E-state index contributed by atoms with van der Waals surface area (Å²) in [7, 11) is 1.95. The molecule has 1 aliphatic heterocycles. The van der Waals surface area contributed by atoms with E-state index in [1.807, 2.05) is 35.3 Å². The number of piperidine rings is 1. The van der Waals surface area contributed by atoms with Crippen LogP contribution in [0, 0.1) is 5.92 Å². The zero-order chi connectivity index (χ0) is 18.2. The molecule has 2 N–H and O–H groups in total. The monoisotopic (exact) mass is 374 g/mol. The van der Waals surface area contributed by atoms with Crippen molar-refractivity contribution in [2.45, 2.75) is 32.9 Å². The van der Waals surface area contributed by atoms with Crippen LogP contribution < -0.4 is 10.6 Å². The number of thiophene rings is 1. The molecule has 0 bridgehead atoms. The summed E-state index contributed by atoms with van der Waals surface area (Å²) >= 11 is 1.86. The highest BCUT2D eigenvalue weighted by atomic mass is 32.1.